The van der Waals surface area contributed by atoms with Gasteiger partial charge in [-0.1, -0.05) is 42.5 Å². The van der Waals surface area contributed by atoms with Crippen LogP contribution in [0.4, 0.5) is 4.79 Å². The van der Waals surface area contributed by atoms with Gasteiger partial charge in [-0.25, -0.2) is 4.79 Å². The van der Waals surface area contributed by atoms with Gasteiger partial charge in [0.2, 0.25) is 0 Å². The lowest BCUT2D eigenvalue weighted by Crippen LogP contribution is -2.33. The molecule has 0 aliphatic carbocycles. The van der Waals surface area contributed by atoms with Crippen LogP contribution in [0.3, 0.4) is 0 Å². The zero-order valence-electron chi connectivity index (χ0n) is 11.5. The summed E-state index contributed by atoms with van der Waals surface area (Å²) in [5.74, 6) is -0.137. The highest BCUT2D eigenvalue weighted by molar-refractivity contribution is 5.84. The van der Waals surface area contributed by atoms with Gasteiger partial charge < -0.3 is 9.64 Å². The minimum absolute atomic E-state index is 0.137. The number of amides is 1. The molecule has 0 unspecified atom stereocenters. The third-order valence-electron chi connectivity index (χ3n) is 2.56. The van der Waals surface area contributed by atoms with Crippen molar-refractivity contribution in [2.24, 2.45) is 0 Å². The van der Waals surface area contributed by atoms with Gasteiger partial charge in [0, 0.05) is 19.5 Å². The van der Waals surface area contributed by atoms with Crippen LogP contribution in [0.5, 0.6) is 0 Å². The molecule has 1 amide bonds. The highest BCUT2D eigenvalue weighted by Gasteiger charge is 2.14. The van der Waals surface area contributed by atoms with Crippen LogP contribution in [0, 0.1) is 0 Å². The third-order valence-corrected chi connectivity index (χ3v) is 2.56. The number of hydrogen-bond acceptors (Lipinski definition) is 3. The fraction of sp³-hybridized carbons (Fsp3) is 0.250. The molecule has 0 spiro atoms. The van der Waals surface area contributed by atoms with E-state index in [-0.39, 0.29) is 18.8 Å². The number of carbonyl (C=O) groups is 2. The van der Waals surface area contributed by atoms with Crippen LogP contribution in [0.15, 0.2) is 55.6 Å². The van der Waals surface area contributed by atoms with Gasteiger partial charge in [0.05, 0.1) is 0 Å². The minimum atomic E-state index is -0.536. The quantitative estimate of drug-likeness (QED) is 0.684. The van der Waals surface area contributed by atoms with E-state index in [4.69, 9.17) is 4.74 Å². The first-order chi connectivity index (χ1) is 9.67. The van der Waals surface area contributed by atoms with Crippen LogP contribution in [0.25, 0.3) is 0 Å². The van der Waals surface area contributed by atoms with Gasteiger partial charge in [-0.2, -0.15) is 0 Å². The van der Waals surface area contributed by atoms with E-state index in [9.17, 15) is 9.59 Å². The average Bonchev–Trinajstić information content (AvgIpc) is 2.45. The Bertz CT molecular complexity index is 458. The SMILES string of the molecule is C=CCN(CC=C)C(=O)OCC(=O)Cc1ccccc1. The van der Waals surface area contributed by atoms with E-state index in [1.165, 1.54) is 4.90 Å². The van der Waals surface area contributed by atoms with Crippen LogP contribution in [-0.2, 0) is 16.0 Å². The van der Waals surface area contributed by atoms with Crippen LogP contribution in [-0.4, -0.2) is 36.5 Å². The van der Waals surface area contributed by atoms with Crippen molar-refractivity contribution in [1.29, 1.82) is 0 Å². The Labute approximate surface area is 119 Å². The van der Waals surface area contributed by atoms with Crippen LogP contribution >= 0.6 is 0 Å². The fourth-order valence-electron chi connectivity index (χ4n) is 1.64. The number of Topliss-reactive ketones (excluding diaryl/α,β-unsaturated/α-hetero) is 1. The van der Waals surface area contributed by atoms with Gasteiger partial charge in [-0.3, -0.25) is 4.79 Å². The Morgan fingerprint density at radius 1 is 1.10 bits per heavy atom. The van der Waals surface area contributed by atoms with Crippen molar-refractivity contribution >= 4 is 11.9 Å². The predicted molar refractivity (Wildman–Crippen MR) is 78.5 cm³/mol. The largest absolute Gasteiger partial charge is 0.441 e. The highest BCUT2D eigenvalue weighted by atomic mass is 16.6. The monoisotopic (exact) mass is 273 g/mol. The van der Waals surface area contributed by atoms with Crippen molar-refractivity contribution < 1.29 is 14.3 Å². The van der Waals surface area contributed by atoms with E-state index < -0.39 is 6.09 Å². The Morgan fingerprint density at radius 3 is 2.25 bits per heavy atom. The summed E-state index contributed by atoms with van der Waals surface area (Å²) in [5, 5.41) is 0. The number of rotatable bonds is 8. The summed E-state index contributed by atoms with van der Waals surface area (Å²) >= 11 is 0. The first-order valence-electron chi connectivity index (χ1n) is 6.36. The van der Waals surface area contributed by atoms with Crippen molar-refractivity contribution in [3.8, 4) is 0 Å². The lowest BCUT2D eigenvalue weighted by molar-refractivity contribution is -0.121. The second kappa shape index (κ2) is 8.69. The lowest BCUT2D eigenvalue weighted by atomic mass is 10.1. The highest BCUT2D eigenvalue weighted by Crippen LogP contribution is 2.01. The molecule has 106 valence electrons. The van der Waals surface area contributed by atoms with Crippen molar-refractivity contribution in [2.75, 3.05) is 19.7 Å². The minimum Gasteiger partial charge on any atom is -0.441 e. The standard InChI is InChI=1S/C16H19NO3/c1-3-10-17(11-4-2)16(19)20-13-15(18)12-14-8-6-5-7-9-14/h3-9H,1-2,10-13H2. The zero-order valence-corrected chi connectivity index (χ0v) is 11.5. The molecule has 0 saturated heterocycles. The molecule has 1 rings (SSSR count). The maximum absolute atomic E-state index is 11.7. The van der Waals surface area contributed by atoms with Gasteiger partial charge in [0.15, 0.2) is 12.4 Å². The number of ketones is 1. The summed E-state index contributed by atoms with van der Waals surface area (Å²) < 4.78 is 4.99. The summed E-state index contributed by atoms with van der Waals surface area (Å²) in [5.41, 5.74) is 0.905. The zero-order chi connectivity index (χ0) is 14.8. The van der Waals surface area contributed by atoms with Crippen LogP contribution in [0.2, 0.25) is 0 Å². The molecule has 0 N–H and O–H groups in total. The molecule has 20 heavy (non-hydrogen) atoms. The van der Waals surface area contributed by atoms with E-state index in [2.05, 4.69) is 13.2 Å². The predicted octanol–water partition coefficient (Wildman–Crippen LogP) is 2.61. The molecule has 0 fully saturated rings. The normalized spacial score (nSPS) is 9.60. The van der Waals surface area contributed by atoms with Crippen molar-refractivity contribution in [3.05, 3.63) is 61.2 Å². The molecule has 4 heteroatoms. The maximum Gasteiger partial charge on any atom is 0.410 e. The molecular formula is C16H19NO3. The fourth-order valence-corrected chi connectivity index (χ4v) is 1.64. The van der Waals surface area contributed by atoms with Crippen LogP contribution in [0.1, 0.15) is 5.56 Å². The summed E-state index contributed by atoms with van der Waals surface area (Å²) in [4.78, 5) is 24.9. The first-order valence-corrected chi connectivity index (χ1v) is 6.36. The topological polar surface area (TPSA) is 46.6 Å². The van der Waals surface area contributed by atoms with E-state index >= 15 is 0 Å². The molecule has 1 aromatic carbocycles. The summed E-state index contributed by atoms with van der Waals surface area (Å²) in [6.07, 6.45) is 2.91. The molecule has 1 aromatic rings. The van der Waals surface area contributed by atoms with Crippen molar-refractivity contribution in [2.45, 2.75) is 6.42 Å². The summed E-state index contributed by atoms with van der Waals surface area (Å²) in [6.45, 7) is 7.63. The lowest BCUT2D eigenvalue weighted by Gasteiger charge is -2.18. The van der Waals surface area contributed by atoms with Gasteiger partial charge in [-0.05, 0) is 5.56 Å². The van der Waals surface area contributed by atoms with Gasteiger partial charge in [0.25, 0.3) is 0 Å². The molecule has 4 nitrogen and oxygen atoms in total. The van der Waals surface area contributed by atoms with Gasteiger partial charge in [-0.15, -0.1) is 13.2 Å². The maximum atomic E-state index is 11.7. The average molecular weight is 273 g/mol. The Balaban J connectivity index is 2.41. The number of ether oxygens (including phenoxy) is 1. The van der Waals surface area contributed by atoms with E-state index in [0.717, 1.165) is 5.56 Å². The van der Waals surface area contributed by atoms with E-state index in [1.54, 1.807) is 12.2 Å². The molecule has 0 aliphatic rings. The Kier molecular flexibility index (Phi) is 6.82. The van der Waals surface area contributed by atoms with Gasteiger partial charge >= 0.3 is 6.09 Å². The number of hydrogen-bond donors (Lipinski definition) is 0. The van der Waals surface area contributed by atoms with Crippen molar-refractivity contribution in [1.82, 2.24) is 4.90 Å². The number of carbonyl (C=O) groups excluding carboxylic acids is 2. The van der Waals surface area contributed by atoms with Crippen molar-refractivity contribution in [3.63, 3.8) is 0 Å². The van der Waals surface area contributed by atoms with E-state index in [0.29, 0.717) is 13.1 Å². The molecule has 0 radical (unpaired) electrons. The summed E-state index contributed by atoms with van der Waals surface area (Å²) in [7, 11) is 0. The third kappa shape index (κ3) is 5.52. The second-order valence-electron chi connectivity index (χ2n) is 4.24. The van der Waals surface area contributed by atoms with Gasteiger partial charge in [0.1, 0.15) is 0 Å². The molecule has 0 saturated carbocycles. The molecular weight excluding hydrogens is 254 g/mol. The second-order valence-corrected chi connectivity index (χ2v) is 4.24. The number of benzene rings is 1. The smallest absolute Gasteiger partial charge is 0.410 e. The first kappa shape index (κ1) is 15.7. The van der Waals surface area contributed by atoms with Crippen LogP contribution < -0.4 is 0 Å². The Morgan fingerprint density at radius 2 is 1.70 bits per heavy atom. The Hall–Kier alpha value is -2.36. The molecule has 0 aromatic heterocycles. The molecule has 0 heterocycles. The summed E-state index contributed by atoms with van der Waals surface area (Å²) in [6, 6.07) is 9.34. The number of nitrogens with zero attached hydrogens (tertiary/aromatic N) is 1. The van der Waals surface area contributed by atoms with E-state index in [1.807, 2.05) is 30.3 Å². The molecule has 0 bridgehead atoms. The molecule has 0 atom stereocenters. The molecule has 0 aliphatic heterocycles.